The third kappa shape index (κ3) is 4.04. The number of hydrogen-bond donors (Lipinski definition) is 2. The minimum atomic E-state index is -0.446. The van der Waals surface area contributed by atoms with Crippen molar-refractivity contribution >= 4 is 17.5 Å². The Balaban J connectivity index is 1.95. The second-order valence-electron chi connectivity index (χ2n) is 5.43. The van der Waals surface area contributed by atoms with Crippen molar-refractivity contribution in [2.45, 2.75) is 45.2 Å². The topological polar surface area (TPSA) is 75.4 Å². The van der Waals surface area contributed by atoms with Crippen molar-refractivity contribution in [2.24, 2.45) is 5.73 Å². The van der Waals surface area contributed by atoms with Crippen LogP contribution in [0.4, 0.5) is 5.69 Å². The lowest BCUT2D eigenvalue weighted by Crippen LogP contribution is -2.40. The Morgan fingerprint density at radius 2 is 2.29 bits per heavy atom. The van der Waals surface area contributed by atoms with Crippen LogP contribution in [0.3, 0.4) is 0 Å². The molecule has 1 aromatic carbocycles. The molecular formula is C16H23N3O2. The van der Waals surface area contributed by atoms with Gasteiger partial charge in [-0.15, -0.1) is 0 Å². The Morgan fingerprint density at radius 3 is 2.95 bits per heavy atom. The SMILES string of the molecule is CCCC(N)C(=O)NCc1cccc(N2CCCC2=O)c1. The third-order valence-corrected chi connectivity index (χ3v) is 3.70. The highest BCUT2D eigenvalue weighted by atomic mass is 16.2. The van der Waals surface area contributed by atoms with Crippen molar-refractivity contribution in [1.82, 2.24) is 5.32 Å². The van der Waals surface area contributed by atoms with Crippen molar-refractivity contribution < 1.29 is 9.59 Å². The fourth-order valence-corrected chi connectivity index (χ4v) is 2.52. The largest absolute Gasteiger partial charge is 0.351 e. The highest BCUT2D eigenvalue weighted by Crippen LogP contribution is 2.22. The van der Waals surface area contributed by atoms with Gasteiger partial charge in [-0.25, -0.2) is 0 Å². The van der Waals surface area contributed by atoms with Crippen LogP contribution in [-0.4, -0.2) is 24.4 Å². The molecule has 0 aromatic heterocycles. The second kappa shape index (κ2) is 7.22. The van der Waals surface area contributed by atoms with Crippen LogP contribution in [0.15, 0.2) is 24.3 Å². The monoisotopic (exact) mass is 289 g/mol. The van der Waals surface area contributed by atoms with Crippen LogP contribution < -0.4 is 16.0 Å². The van der Waals surface area contributed by atoms with E-state index in [4.69, 9.17) is 5.73 Å². The van der Waals surface area contributed by atoms with Crippen LogP contribution in [0.5, 0.6) is 0 Å². The quantitative estimate of drug-likeness (QED) is 0.834. The summed E-state index contributed by atoms with van der Waals surface area (Å²) in [5, 5.41) is 2.85. The van der Waals surface area contributed by atoms with Gasteiger partial charge in [0.15, 0.2) is 0 Å². The lowest BCUT2D eigenvalue weighted by atomic mass is 10.1. The zero-order valence-corrected chi connectivity index (χ0v) is 12.5. The molecule has 2 amide bonds. The summed E-state index contributed by atoms with van der Waals surface area (Å²) in [6.07, 6.45) is 3.10. The van der Waals surface area contributed by atoms with Gasteiger partial charge in [-0.05, 0) is 30.5 Å². The lowest BCUT2D eigenvalue weighted by molar-refractivity contribution is -0.122. The maximum absolute atomic E-state index is 11.8. The number of carbonyl (C=O) groups is 2. The van der Waals surface area contributed by atoms with E-state index in [9.17, 15) is 9.59 Å². The van der Waals surface area contributed by atoms with E-state index in [-0.39, 0.29) is 11.8 Å². The summed E-state index contributed by atoms with van der Waals surface area (Å²) in [6.45, 7) is 3.21. The average molecular weight is 289 g/mol. The molecule has 1 aromatic rings. The molecule has 0 aliphatic carbocycles. The van der Waals surface area contributed by atoms with Crippen molar-refractivity contribution in [3.8, 4) is 0 Å². The molecule has 1 fully saturated rings. The van der Waals surface area contributed by atoms with Crippen LogP contribution in [0.2, 0.25) is 0 Å². The number of amides is 2. The molecule has 5 heteroatoms. The Labute approximate surface area is 125 Å². The molecule has 1 unspecified atom stereocenters. The first-order valence-corrected chi connectivity index (χ1v) is 7.54. The van der Waals surface area contributed by atoms with E-state index in [0.717, 1.165) is 30.6 Å². The Hall–Kier alpha value is -1.88. The maximum Gasteiger partial charge on any atom is 0.237 e. The van der Waals surface area contributed by atoms with E-state index in [0.29, 0.717) is 19.4 Å². The molecule has 1 aliphatic rings. The number of benzene rings is 1. The molecule has 1 aliphatic heterocycles. The summed E-state index contributed by atoms with van der Waals surface area (Å²) in [5.74, 6) is 0.0423. The van der Waals surface area contributed by atoms with Gasteiger partial charge in [-0.2, -0.15) is 0 Å². The van der Waals surface area contributed by atoms with Gasteiger partial charge in [-0.1, -0.05) is 25.5 Å². The highest BCUT2D eigenvalue weighted by molar-refractivity contribution is 5.95. The average Bonchev–Trinajstić information content (AvgIpc) is 2.91. The number of carbonyl (C=O) groups excluding carboxylic acids is 2. The number of hydrogen-bond acceptors (Lipinski definition) is 3. The molecular weight excluding hydrogens is 266 g/mol. The summed E-state index contributed by atoms with van der Waals surface area (Å²) in [7, 11) is 0. The molecule has 2 rings (SSSR count). The molecule has 0 saturated carbocycles. The predicted molar refractivity (Wildman–Crippen MR) is 82.8 cm³/mol. The van der Waals surface area contributed by atoms with E-state index in [1.165, 1.54) is 0 Å². The second-order valence-corrected chi connectivity index (χ2v) is 5.43. The molecule has 1 saturated heterocycles. The van der Waals surface area contributed by atoms with Crippen LogP contribution >= 0.6 is 0 Å². The van der Waals surface area contributed by atoms with E-state index in [2.05, 4.69) is 5.32 Å². The van der Waals surface area contributed by atoms with Gasteiger partial charge in [0.1, 0.15) is 0 Å². The van der Waals surface area contributed by atoms with Gasteiger partial charge in [0, 0.05) is 25.2 Å². The van der Waals surface area contributed by atoms with Crippen LogP contribution in [0.25, 0.3) is 0 Å². The van der Waals surface area contributed by atoms with Crippen molar-refractivity contribution in [3.63, 3.8) is 0 Å². The number of nitrogens with one attached hydrogen (secondary N) is 1. The molecule has 0 radical (unpaired) electrons. The van der Waals surface area contributed by atoms with Gasteiger partial charge in [0.2, 0.25) is 11.8 Å². The van der Waals surface area contributed by atoms with Gasteiger partial charge in [-0.3, -0.25) is 9.59 Å². The lowest BCUT2D eigenvalue weighted by Gasteiger charge is -2.17. The van der Waals surface area contributed by atoms with E-state index in [1.54, 1.807) is 4.90 Å². The fourth-order valence-electron chi connectivity index (χ4n) is 2.52. The summed E-state index contributed by atoms with van der Waals surface area (Å²) in [4.78, 5) is 25.4. The highest BCUT2D eigenvalue weighted by Gasteiger charge is 2.21. The van der Waals surface area contributed by atoms with Crippen molar-refractivity contribution in [2.75, 3.05) is 11.4 Å². The minimum absolute atomic E-state index is 0.125. The molecule has 3 N–H and O–H groups in total. The van der Waals surface area contributed by atoms with Crippen molar-refractivity contribution in [1.29, 1.82) is 0 Å². The zero-order valence-electron chi connectivity index (χ0n) is 12.5. The van der Waals surface area contributed by atoms with Gasteiger partial charge in [0.25, 0.3) is 0 Å². The first-order chi connectivity index (χ1) is 10.1. The number of rotatable bonds is 6. The number of anilines is 1. The Kier molecular flexibility index (Phi) is 5.33. The molecule has 21 heavy (non-hydrogen) atoms. The fraction of sp³-hybridized carbons (Fsp3) is 0.500. The van der Waals surface area contributed by atoms with Gasteiger partial charge < -0.3 is 16.0 Å². The molecule has 1 atom stereocenters. The summed E-state index contributed by atoms with van der Waals surface area (Å²) >= 11 is 0. The Bertz CT molecular complexity index is 516. The van der Waals surface area contributed by atoms with Gasteiger partial charge in [0.05, 0.1) is 6.04 Å². The summed E-state index contributed by atoms with van der Waals surface area (Å²) in [6, 6.07) is 7.29. The first kappa shape index (κ1) is 15.5. The number of nitrogens with two attached hydrogens (primary N) is 1. The Morgan fingerprint density at radius 1 is 1.48 bits per heavy atom. The molecule has 0 spiro atoms. The molecule has 114 valence electrons. The first-order valence-electron chi connectivity index (χ1n) is 7.54. The van der Waals surface area contributed by atoms with E-state index in [1.807, 2.05) is 31.2 Å². The minimum Gasteiger partial charge on any atom is -0.351 e. The van der Waals surface area contributed by atoms with Crippen LogP contribution in [-0.2, 0) is 16.1 Å². The normalized spacial score (nSPS) is 16.1. The summed E-state index contributed by atoms with van der Waals surface area (Å²) in [5.41, 5.74) is 7.66. The summed E-state index contributed by atoms with van der Waals surface area (Å²) < 4.78 is 0. The van der Waals surface area contributed by atoms with Crippen LogP contribution in [0, 0.1) is 0 Å². The predicted octanol–water partition coefficient (Wildman–Crippen LogP) is 1.56. The van der Waals surface area contributed by atoms with E-state index < -0.39 is 6.04 Å². The smallest absolute Gasteiger partial charge is 0.237 e. The maximum atomic E-state index is 11.8. The number of nitrogens with zero attached hydrogens (tertiary/aromatic N) is 1. The zero-order chi connectivity index (χ0) is 15.2. The molecule has 5 nitrogen and oxygen atoms in total. The standard InChI is InChI=1S/C16H23N3O2/c1-2-5-14(17)16(21)18-11-12-6-3-7-13(10-12)19-9-4-8-15(19)20/h3,6-7,10,14H,2,4-5,8-9,11,17H2,1H3,(H,18,21). The molecule has 1 heterocycles. The van der Waals surface area contributed by atoms with Crippen LogP contribution in [0.1, 0.15) is 38.2 Å². The van der Waals surface area contributed by atoms with Gasteiger partial charge >= 0.3 is 0 Å². The van der Waals surface area contributed by atoms with E-state index >= 15 is 0 Å². The third-order valence-electron chi connectivity index (χ3n) is 3.70. The molecule has 0 bridgehead atoms. The van der Waals surface area contributed by atoms with Crippen molar-refractivity contribution in [3.05, 3.63) is 29.8 Å².